The van der Waals surface area contributed by atoms with Gasteiger partial charge >= 0.3 is 0 Å². The van der Waals surface area contributed by atoms with E-state index in [9.17, 15) is 0 Å². The maximum atomic E-state index is 5.97. The van der Waals surface area contributed by atoms with E-state index in [2.05, 4.69) is 45.6 Å². The summed E-state index contributed by atoms with van der Waals surface area (Å²) in [4.78, 5) is 7.01. The largest absolute Gasteiger partial charge is 0.344 e. The lowest BCUT2D eigenvalue weighted by Crippen LogP contribution is -2.44. The van der Waals surface area contributed by atoms with Crippen LogP contribution in [0.2, 0.25) is 5.15 Å². The Morgan fingerprint density at radius 3 is 2.75 bits per heavy atom. The number of fused-ring (bicyclic) bond motifs is 1. The third-order valence-electron chi connectivity index (χ3n) is 7.22. The smallest absolute Gasteiger partial charge is 0.129 e. The lowest BCUT2D eigenvalue weighted by molar-refractivity contribution is 0.103. The third kappa shape index (κ3) is 2.63. The molecule has 0 spiro atoms. The molecule has 1 aliphatic carbocycles. The van der Waals surface area contributed by atoms with Crippen LogP contribution in [0, 0.1) is 12.8 Å². The van der Waals surface area contributed by atoms with Gasteiger partial charge in [-0.3, -0.25) is 0 Å². The fourth-order valence-electron chi connectivity index (χ4n) is 6.24. The van der Waals surface area contributed by atoms with E-state index in [1.165, 1.54) is 54.5 Å². The van der Waals surface area contributed by atoms with Crippen molar-refractivity contribution in [2.24, 2.45) is 5.92 Å². The second kappa shape index (κ2) is 6.33. The number of pyridine rings is 1. The number of piperidine rings is 2. The highest BCUT2D eigenvalue weighted by atomic mass is 35.5. The minimum atomic E-state index is 0.571. The molecule has 2 aromatic heterocycles. The van der Waals surface area contributed by atoms with E-state index >= 15 is 0 Å². The first-order chi connectivity index (χ1) is 13.7. The van der Waals surface area contributed by atoms with Gasteiger partial charge < -0.3 is 9.47 Å². The van der Waals surface area contributed by atoms with Crippen LogP contribution in [-0.2, 0) is 13.0 Å². The van der Waals surface area contributed by atoms with Gasteiger partial charge in [-0.15, -0.1) is 0 Å². The number of hydrogen-bond acceptors (Lipinski definition) is 2. The first-order valence-corrected chi connectivity index (χ1v) is 11.0. The molecule has 0 N–H and O–H groups in total. The first-order valence-electron chi connectivity index (χ1n) is 10.6. The zero-order valence-corrected chi connectivity index (χ0v) is 17.1. The number of aryl methyl sites for hydroxylation is 3. The molecule has 3 aromatic rings. The van der Waals surface area contributed by atoms with Crippen LogP contribution >= 0.6 is 11.6 Å². The Bertz CT molecular complexity index is 1040. The maximum Gasteiger partial charge on any atom is 0.129 e. The SMILES string of the molecule is Cc1ccc2c(c1)c1c(n2CCc2ccc(Cl)nc2)C2CC3CC1CN(C3)C2. The van der Waals surface area contributed by atoms with E-state index in [0.717, 1.165) is 18.9 Å². The van der Waals surface area contributed by atoms with E-state index in [0.29, 0.717) is 17.0 Å². The van der Waals surface area contributed by atoms with E-state index < -0.39 is 0 Å². The Morgan fingerprint density at radius 2 is 1.93 bits per heavy atom. The Kier molecular flexibility index (Phi) is 3.86. The summed E-state index contributed by atoms with van der Waals surface area (Å²) in [6.45, 7) is 7.08. The van der Waals surface area contributed by atoms with Crippen molar-refractivity contribution in [2.75, 3.05) is 19.6 Å². The van der Waals surface area contributed by atoms with E-state index in [1.54, 1.807) is 11.3 Å². The summed E-state index contributed by atoms with van der Waals surface area (Å²) in [6, 6.07) is 11.1. The minimum Gasteiger partial charge on any atom is -0.344 e. The maximum absolute atomic E-state index is 5.97. The van der Waals surface area contributed by atoms with Crippen LogP contribution in [0.25, 0.3) is 10.9 Å². The zero-order chi connectivity index (χ0) is 18.8. The number of benzene rings is 1. The van der Waals surface area contributed by atoms with Crippen molar-refractivity contribution in [1.82, 2.24) is 14.5 Å². The van der Waals surface area contributed by atoms with Gasteiger partial charge in [0, 0.05) is 54.9 Å². The average molecular weight is 392 g/mol. The number of aromatic nitrogens is 2. The standard InChI is InChI=1S/C24H26ClN3/c1-15-2-4-21-20(8-15)23-18-9-17-10-19(14-27(12-17)13-18)24(23)28(21)7-6-16-3-5-22(25)26-11-16/h2-5,8,11,17-19H,6-7,9-10,12-14H2,1H3. The summed E-state index contributed by atoms with van der Waals surface area (Å²) < 4.78 is 2.66. The summed E-state index contributed by atoms with van der Waals surface area (Å²) in [7, 11) is 0. The monoisotopic (exact) mass is 391 g/mol. The van der Waals surface area contributed by atoms with Crippen LogP contribution in [0.4, 0.5) is 0 Å². The zero-order valence-electron chi connectivity index (χ0n) is 16.4. The van der Waals surface area contributed by atoms with Crippen molar-refractivity contribution in [3.8, 4) is 0 Å². The van der Waals surface area contributed by atoms with Crippen molar-refractivity contribution in [3.63, 3.8) is 0 Å². The molecule has 7 rings (SSSR count). The molecule has 28 heavy (non-hydrogen) atoms. The van der Waals surface area contributed by atoms with Crippen LogP contribution in [0.1, 0.15) is 47.1 Å². The van der Waals surface area contributed by atoms with Gasteiger partial charge in [-0.05, 0) is 67.3 Å². The second-order valence-electron chi connectivity index (χ2n) is 9.16. The van der Waals surface area contributed by atoms with Crippen molar-refractivity contribution in [3.05, 3.63) is 64.1 Å². The highest BCUT2D eigenvalue weighted by molar-refractivity contribution is 6.29. The van der Waals surface area contributed by atoms with Gasteiger partial charge in [-0.25, -0.2) is 4.98 Å². The van der Waals surface area contributed by atoms with E-state index in [1.807, 2.05) is 12.3 Å². The van der Waals surface area contributed by atoms with Gasteiger partial charge in [0.25, 0.3) is 0 Å². The molecule has 3 nitrogen and oxygen atoms in total. The molecule has 0 saturated carbocycles. The summed E-state index contributed by atoms with van der Waals surface area (Å²) >= 11 is 5.97. The summed E-state index contributed by atoms with van der Waals surface area (Å²) in [5.74, 6) is 2.29. The lowest BCUT2D eigenvalue weighted by Gasteiger charge is -2.41. The van der Waals surface area contributed by atoms with Gasteiger partial charge in [-0.2, -0.15) is 0 Å². The second-order valence-corrected chi connectivity index (χ2v) is 9.55. The van der Waals surface area contributed by atoms with Crippen molar-refractivity contribution < 1.29 is 0 Å². The van der Waals surface area contributed by atoms with Crippen molar-refractivity contribution in [2.45, 2.75) is 44.6 Å². The van der Waals surface area contributed by atoms with Crippen LogP contribution in [-0.4, -0.2) is 34.1 Å². The molecule has 4 heteroatoms. The molecule has 144 valence electrons. The molecule has 4 unspecified atom stereocenters. The van der Waals surface area contributed by atoms with Gasteiger partial charge in [0.1, 0.15) is 5.15 Å². The predicted octanol–water partition coefficient (Wildman–Crippen LogP) is 5.15. The molecule has 5 heterocycles. The third-order valence-corrected chi connectivity index (χ3v) is 7.44. The molecule has 4 atom stereocenters. The van der Waals surface area contributed by atoms with Crippen LogP contribution in [0.15, 0.2) is 36.5 Å². The van der Waals surface area contributed by atoms with Gasteiger partial charge in [0.05, 0.1) is 0 Å². The number of rotatable bonds is 3. The Labute approximate surface area is 171 Å². The summed E-state index contributed by atoms with van der Waals surface area (Å²) in [5, 5.41) is 2.09. The van der Waals surface area contributed by atoms with Crippen LogP contribution < -0.4 is 0 Å². The van der Waals surface area contributed by atoms with Crippen molar-refractivity contribution in [1.29, 1.82) is 0 Å². The van der Waals surface area contributed by atoms with E-state index in [-0.39, 0.29) is 0 Å². The first kappa shape index (κ1) is 17.1. The molecule has 1 aromatic carbocycles. The van der Waals surface area contributed by atoms with Gasteiger partial charge in [0.15, 0.2) is 0 Å². The highest BCUT2D eigenvalue weighted by Crippen LogP contribution is 2.50. The number of halogens is 1. The van der Waals surface area contributed by atoms with Gasteiger partial charge in [-0.1, -0.05) is 29.3 Å². The molecule has 4 bridgehead atoms. The molecule has 4 aliphatic rings. The van der Waals surface area contributed by atoms with Crippen LogP contribution in [0.3, 0.4) is 0 Å². The number of nitrogens with zero attached hydrogens (tertiary/aromatic N) is 3. The van der Waals surface area contributed by atoms with Crippen LogP contribution in [0.5, 0.6) is 0 Å². The molecular weight excluding hydrogens is 366 g/mol. The quantitative estimate of drug-likeness (QED) is 0.576. The Morgan fingerprint density at radius 1 is 1.07 bits per heavy atom. The molecule has 0 radical (unpaired) electrons. The normalized spacial score (nSPS) is 27.9. The molecule has 3 aliphatic heterocycles. The Balaban J connectivity index is 1.48. The highest BCUT2D eigenvalue weighted by Gasteiger charge is 2.43. The van der Waals surface area contributed by atoms with Crippen molar-refractivity contribution >= 4 is 22.5 Å². The van der Waals surface area contributed by atoms with Gasteiger partial charge in [0.2, 0.25) is 0 Å². The summed E-state index contributed by atoms with van der Waals surface area (Å²) in [6.07, 6.45) is 5.68. The molecule has 0 amide bonds. The molecule has 2 saturated heterocycles. The molecular formula is C24H26ClN3. The molecule has 2 fully saturated rings. The lowest BCUT2D eigenvalue weighted by atomic mass is 9.82. The fraction of sp³-hybridized carbons (Fsp3) is 0.458. The van der Waals surface area contributed by atoms with E-state index in [4.69, 9.17) is 11.6 Å². The predicted molar refractivity (Wildman–Crippen MR) is 114 cm³/mol. The summed E-state index contributed by atoms with van der Waals surface area (Å²) in [5.41, 5.74) is 7.40. The average Bonchev–Trinajstić information content (AvgIpc) is 2.89. The Hall–Kier alpha value is -1.84. The fourth-order valence-corrected chi connectivity index (χ4v) is 6.35. The topological polar surface area (TPSA) is 21.1 Å². The minimum absolute atomic E-state index is 0.571. The number of hydrogen-bond donors (Lipinski definition) is 0.